The van der Waals surface area contributed by atoms with Gasteiger partial charge in [-0.05, 0) is 63.2 Å². The van der Waals surface area contributed by atoms with Crippen molar-refractivity contribution in [3.8, 4) is 0 Å². The summed E-state index contributed by atoms with van der Waals surface area (Å²) in [5, 5.41) is 2.82. The molecule has 7 nitrogen and oxygen atoms in total. The van der Waals surface area contributed by atoms with Crippen LogP contribution < -0.4 is 5.32 Å². The van der Waals surface area contributed by atoms with Crippen LogP contribution >= 0.6 is 0 Å². The Morgan fingerprint density at radius 2 is 1.54 bits per heavy atom. The molecule has 0 saturated carbocycles. The number of benzene rings is 1. The molecule has 0 spiro atoms. The molecule has 1 N–H and O–H groups in total. The number of ketones is 4. The lowest BCUT2D eigenvalue weighted by atomic mass is 9.75. The molecule has 1 fully saturated rings. The maximum absolute atomic E-state index is 13.3. The van der Waals surface area contributed by atoms with Gasteiger partial charge in [-0.3, -0.25) is 24.0 Å². The van der Waals surface area contributed by atoms with Gasteiger partial charge in [0.1, 0.15) is 5.78 Å². The molecule has 7 heteroatoms. The SMILES string of the molecule is CC(C)[C@H](CC(=O)[C@H](C)NC(=O)[C@@H](CC(=O)C1CCN(C)CC1)C(C)(C)C)C(=O)C(=O)CCc1ccccc1. The molecule has 3 atom stereocenters. The van der Waals surface area contributed by atoms with Gasteiger partial charge in [0.05, 0.1) is 6.04 Å². The monoisotopic (exact) mass is 540 g/mol. The fourth-order valence-electron chi connectivity index (χ4n) is 5.14. The molecule has 1 aromatic rings. The average Bonchev–Trinajstić information content (AvgIpc) is 2.88. The van der Waals surface area contributed by atoms with Crippen molar-refractivity contribution in [1.82, 2.24) is 10.2 Å². The van der Waals surface area contributed by atoms with E-state index in [-0.39, 0.29) is 48.6 Å². The third-order valence-electron chi connectivity index (χ3n) is 8.10. The highest BCUT2D eigenvalue weighted by Gasteiger charge is 2.37. The second-order valence-corrected chi connectivity index (χ2v) is 12.7. The highest BCUT2D eigenvalue weighted by atomic mass is 16.2. The van der Waals surface area contributed by atoms with Crippen molar-refractivity contribution in [2.45, 2.75) is 86.1 Å². The predicted molar refractivity (Wildman–Crippen MR) is 153 cm³/mol. The largest absolute Gasteiger partial charge is 0.346 e. The van der Waals surface area contributed by atoms with Gasteiger partial charge < -0.3 is 10.2 Å². The number of Topliss-reactive ketones (excluding diaryl/α,β-unsaturated/α-hetero) is 4. The third-order valence-corrected chi connectivity index (χ3v) is 8.10. The first kappa shape index (κ1) is 32.5. The van der Waals surface area contributed by atoms with Crippen molar-refractivity contribution < 1.29 is 24.0 Å². The molecule has 1 aliphatic rings. The zero-order valence-electron chi connectivity index (χ0n) is 24.9. The number of hydrogen-bond acceptors (Lipinski definition) is 6. The van der Waals surface area contributed by atoms with E-state index in [0.717, 1.165) is 31.5 Å². The zero-order valence-corrected chi connectivity index (χ0v) is 24.9. The molecular weight excluding hydrogens is 492 g/mol. The number of aryl methyl sites for hydroxylation is 1. The Labute approximate surface area is 234 Å². The summed E-state index contributed by atoms with van der Waals surface area (Å²) >= 11 is 0. The minimum atomic E-state index is -0.825. The Morgan fingerprint density at radius 1 is 0.949 bits per heavy atom. The first-order chi connectivity index (χ1) is 18.2. The molecule has 39 heavy (non-hydrogen) atoms. The van der Waals surface area contributed by atoms with E-state index >= 15 is 0 Å². The van der Waals surface area contributed by atoms with Crippen LogP contribution in [0.5, 0.6) is 0 Å². The fourth-order valence-corrected chi connectivity index (χ4v) is 5.14. The summed E-state index contributed by atoms with van der Waals surface area (Å²) in [6.07, 6.45) is 2.22. The second-order valence-electron chi connectivity index (χ2n) is 12.7. The van der Waals surface area contributed by atoms with Crippen LogP contribution in [0, 0.1) is 29.1 Å². The summed E-state index contributed by atoms with van der Waals surface area (Å²) in [4.78, 5) is 67.4. The van der Waals surface area contributed by atoms with Gasteiger partial charge in [0.2, 0.25) is 11.7 Å². The van der Waals surface area contributed by atoms with Gasteiger partial charge in [0.15, 0.2) is 11.6 Å². The molecule has 0 unspecified atom stereocenters. The summed E-state index contributed by atoms with van der Waals surface area (Å²) in [6, 6.07) is 8.68. The van der Waals surface area contributed by atoms with Crippen LogP contribution in [0.3, 0.4) is 0 Å². The maximum Gasteiger partial charge on any atom is 0.224 e. The van der Waals surface area contributed by atoms with Crippen LogP contribution in [-0.2, 0) is 30.4 Å². The number of amides is 1. The lowest BCUT2D eigenvalue weighted by molar-refractivity contribution is -0.141. The quantitative estimate of drug-likeness (QED) is 0.350. The van der Waals surface area contributed by atoms with Crippen molar-refractivity contribution in [1.29, 1.82) is 0 Å². The van der Waals surface area contributed by atoms with Gasteiger partial charge in [0, 0.05) is 37.0 Å². The summed E-state index contributed by atoms with van der Waals surface area (Å²) in [5.41, 5.74) is 0.519. The zero-order chi connectivity index (χ0) is 29.3. The lowest BCUT2D eigenvalue weighted by Crippen LogP contribution is -2.47. The van der Waals surface area contributed by atoms with Crippen molar-refractivity contribution in [3.05, 3.63) is 35.9 Å². The molecule has 1 aliphatic heterocycles. The molecule has 1 aromatic carbocycles. The van der Waals surface area contributed by atoms with E-state index in [1.807, 2.05) is 72.0 Å². The van der Waals surface area contributed by atoms with Crippen molar-refractivity contribution in [2.24, 2.45) is 29.1 Å². The molecule has 2 rings (SSSR count). The van der Waals surface area contributed by atoms with Crippen LogP contribution in [0.4, 0.5) is 0 Å². The first-order valence-electron chi connectivity index (χ1n) is 14.4. The van der Waals surface area contributed by atoms with E-state index in [4.69, 9.17) is 0 Å². The Morgan fingerprint density at radius 3 is 2.08 bits per heavy atom. The van der Waals surface area contributed by atoms with E-state index in [1.54, 1.807) is 6.92 Å². The topological polar surface area (TPSA) is 101 Å². The summed E-state index contributed by atoms with van der Waals surface area (Å²) in [5.74, 6) is -3.03. The van der Waals surface area contributed by atoms with Crippen LogP contribution in [0.25, 0.3) is 0 Å². The van der Waals surface area contributed by atoms with Gasteiger partial charge in [0.25, 0.3) is 0 Å². The van der Waals surface area contributed by atoms with Gasteiger partial charge in [-0.25, -0.2) is 0 Å². The number of nitrogens with one attached hydrogen (secondary N) is 1. The minimum absolute atomic E-state index is 0.0323. The number of likely N-dealkylation sites (tertiary alicyclic amines) is 1. The second kappa shape index (κ2) is 14.6. The standard InChI is InChI=1S/C32H48N2O5/c1-21(2)25(30(38)27(35)14-13-23-11-9-8-10-12-23)19-28(36)22(3)33-31(39)26(32(4,5)6)20-29(37)24-15-17-34(7)18-16-24/h8-12,21-22,24-26H,13-20H2,1-7H3,(H,33,39)/t22-,25-,26+/m0/s1. The molecule has 1 amide bonds. The van der Waals surface area contributed by atoms with Crippen molar-refractivity contribution >= 4 is 29.0 Å². The van der Waals surface area contributed by atoms with Gasteiger partial charge in [-0.1, -0.05) is 65.0 Å². The van der Waals surface area contributed by atoms with Gasteiger partial charge >= 0.3 is 0 Å². The highest BCUT2D eigenvalue weighted by Crippen LogP contribution is 2.32. The van der Waals surface area contributed by atoms with E-state index < -0.39 is 34.9 Å². The molecule has 0 bridgehead atoms. The predicted octanol–water partition coefficient (Wildman–Crippen LogP) is 4.46. The first-order valence-corrected chi connectivity index (χ1v) is 14.4. The molecule has 1 saturated heterocycles. The highest BCUT2D eigenvalue weighted by molar-refractivity contribution is 6.38. The molecule has 0 radical (unpaired) electrons. The van der Waals surface area contributed by atoms with E-state index in [1.165, 1.54) is 0 Å². The Hall–Kier alpha value is -2.67. The smallest absolute Gasteiger partial charge is 0.224 e. The van der Waals surface area contributed by atoms with Crippen LogP contribution in [0.2, 0.25) is 0 Å². The van der Waals surface area contributed by atoms with Gasteiger partial charge in [-0.15, -0.1) is 0 Å². The number of nitrogens with zero attached hydrogens (tertiary/aromatic N) is 1. The Balaban J connectivity index is 1.98. The number of piperidine rings is 1. The third kappa shape index (κ3) is 10.1. The lowest BCUT2D eigenvalue weighted by Gasteiger charge is -2.33. The van der Waals surface area contributed by atoms with E-state index in [0.29, 0.717) is 6.42 Å². The number of carbonyl (C=O) groups excluding carboxylic acids is 5. The molecular formula is C32H48N2O5. The van der Waals surface area contributed by atoms with Crippen molar-refractivity contribution in [3.63, 3.8) is 0 Å². The Kier molecular flexibility index (Phi) is 12.2. The molecule has 1 heterocycles. The summed E-state index contributed by atoms with van der Waals surface area (Å²) < 4.78 is 0. The molecule has 0 aromatic heterocycles. The van der Waals surface area contributed by atoms with Crippen LogP contribution in [0.1, 0.15) is 79.2 Å². The van der Waals surface area contributed by atoms with E-state index in [2.05, 4.69) is 10.2 Å². The van der Waals surface area contributed by atoms with Crippen LogP contribution in [-0.4, -0.2) is 60.1 Å². The Bertz CT molecular complexity index is 1000. The van der Waals surface area contributed by atoms with Gasteiger partial charge in [-0.2, -0.15) is 0 Å². The summed E-state index contributed by atoms with van der Waals surface area (Å²) in [6.45, 7) is 12.8. The number of hydrogen-bond donors (Lipinski definition) is 1. The molecule has 0 aliphatic carbocycles. The van der Waals surface area contributed by atoms with Crippen LogP contribution in [0.15, 0.2) is 30.3 Å². The number of rotatable bonds is 14. The normalized spacial score (nSPS) is 17.3. The fraction of sp³-hybridized carbons (Fsp3) is 0.656. The van der Waals surface area contributed by atoms with E-state index in [9.17, 15) is 24.0 Å². The number of carbonyl (C=O) groups is 5. The maximum atomic E-state index is 13.3. The minimum Gasteiger partial charge on any atom is -0.346 e. The molecule has 216 valence electrons. The average molecular weight is 541 g/mol. The summed E-state index contributed by atoms with van der Waals surface area (Å²) in [7, 11) is 2.04. The van der Waals surface area contributed by atoms with Crippen molar-refractivity contribution in [2.75, 3.05) is 20.1 Å².